The molecule has 0 spiro atoms. The first-order chi connectivity index (χ1) is 13.0. The summed E-state index contributed by atoms with van der Waals surface area (Å²) in [6, 6.07) is 11.8. The van der Waals surface area contributed by atoms with Gasteiger partial charge < -0.3 is 9.84 Å². The molecule has 0 aromatic heterocycles. The number of nitrogens with one attached hydrogen (secondary N) is 1. The quantitative estimate of drug-likeness (QED) is 0.588. The van der Waals surface area contributed by atoms with Gasteiger partial charge in [0, 0.05) is 5.56 Å². The van der Waals surface area contributed by atoms with Gasteiger partial charge >= 0.3 is 0 Å². The number of thioether (sulfide) groups is 1. The number of carbonyl (C=O) groups excluding carboxylic acids is 3. The Bertz CT molecular complexity index is 920. The first-order valence-corrected chi connectivity index (χ1v) is 9.04. The van der Waals surface area contributed by atoms with Crippen molar-refractivity contribution >= 4 is 34.8 Å². The summed E-state index contributed by atoms with van der Waals surface area (Å²) in [6.07, 6.45) is 3.52. The number of aromatic hydroxyl groups is 1. The largest absolute Gasteiger partial charge is 0.504 e. The topological polar surface area (TPSA) is 92.7 Å². The van der Waals surface area contributed by atoms with Crippen molar-refractivity contribution in [1.29, 1.82) is 0 Å². The highest BCUT2D eigenvalue weighted by molar-refractivity contribution is 8.15. The lowest BCUT2D eigenvalue weighted by Gasteiger charge is -2.06. The Balaban J connectivity index is 1.65. The highest BCUT2D eigenvalue weighted by Gasteiger charge is 2.31. The first-order valence-electron chi connectivity index (χ1n) is 8.16. The second kappa shape index (κ2) is 8.09. The van der Waals surface area contributed by atoms with Gasteiger partial charge in [0.1, 0.15) is 0 Å². The van der Waals surface area contributed by atoms with Crippen LogP contribution in [0.15, 0.2) is 48.5 Å². The Labute approximate surface area is 160 Å². The number of carbonyl (C=O) groups is 3. The Morgan fingerprint density at radius 3 is 2.59 bits per heavy atom. The van der Waals surface area contributed by atoms with E-state index in [1.807, 2.05) is 0 Å². The van der Waals surface area contributed by atoms with E-state index in [1.165, 1.54) is 19.3 Å². The van der Waals surface area contributed by atoms with Crippen molar-refractivity contribution in [2.75, 3.05) is 7.11 Å². The molecular formula is C20H17NO5S. The SMILES string of the molecule is COc1cc(C=CC(=O)c2ccc(CC3SC(=O)NC3=O)cc2)ccc1O. The van der Waals surface area contributed by atoms with Gasteiger partial charge in [-0.3, -0.25) is 19.7 Å². The fraction of sp³-hybridized carbons (Fsp3) is 0.150. The van der Waals surface area contributed by atoms with Gasteiger partial charge in [0.15, 0.2) is 17.3 Å². The van der Waals surface area contributed by atoms with E-state index in [2.05, 4.69) is 5.32 Å². The van der Waals surface area contributed by atoms with E-state index < -0.39 is 5.25 Å². The number of ether oxygens (including phenoxy) is 1. The van der Waals surface area contributed by atoms with Crippen LogP contribution in [0, 0.1) is 0 Å². The number of hydrogen-bond donors (Lipinski definition) is 2. The number of ketones is 1. The Kier molecular flexibility index (Phi) is 5.61. The van der Waals surface area contributed by atoms with Gasteiger partial charge in [-0.25, -0.2) is 0 Å². The summed E-state index contributed by atoms with van der Waals surface area (Å²) in [6.45, 7) is 0. The van der Waals surface area contributed by atoms with Gasteiger partial charge in [-0.1, -0.05) is 48.2 Å². The summed E-state index contributed by atoms with van der Waals surface area (Å²) in [5.41, 5.74) is 2.12. The third kappa shape index (κ3) is 4.57. The summed E-state index contributed by atoms with van der Waals surface area (Å²) in [5.74, 6) is -0.0807. The Morgan fingerprint density at radius 1 is 1.22 bits per heavy atom. The van der Waals surface area contributed by atoms with E-state index in [9.17, 15) is 19.5 Å². The van der Waals surface area contributed by atoms with Crippen LogP contribution in [0.4, 0.5) is 4.79 Å². The third-order valence-corrected chi connectivity index (χ3v) is 5.04. The molecule has 1 saturated heterocycles. The van der Waals surface area contributed by atoms with Gasteiger partial charge in [-0.05, 0) is 35.8 Å². The second-order valence-electron chi connectivity index (χ2n) is 5.91. The van der Waals surface area contributed by atoms with Crippen LogP contribution in [0.25, 0.3) is 6.08 Å². The number of methoxy groups -OCH3 is 1. The smallest absolute Gasteiger partial charge is 0.286 e. The van der Waals surface area contributed by atoms with E-state index in [0.717, 1.165) is 22.9 Å². The molecule has 1 fully saturated rings. The molecule has 0 aliphatic carbocycles. The van der Waals surface area contributed by atoms with E-state index in [-0.39, 0.29) is 22.7 Å². The number of phenolic OH excluding ortho intramolecular Hbond substituents is 1. The maximum Gasteiger partial charge on any atom is 0.286 e. The molecule has 1 aliphatic rings. The minimum Gasteiger partial charge on any atom is -0.504 e. The van der Waals surface area contributed by atoms with Crippen LogP contribution < -0.4 is 10.1 Å². The molecule has 6 nitrogen and oxygen atoms in total. The number of benzene rings is 2. The molecule has 2 aromatic carbocycles. The molecule has 7 heteroatoms. The molecule has 1 atom stereocenters. The van der Waals surface area contributed by atoms with Crippen LogP contribution in [-0.4, -0.2) is 34.4 Å². The number of hydrogen-bond acceptors (Lipinski definition) is 6. The van der Waals surface area contributed by atoms with E-state index in [0.29, 0.717) is 17.7 Å². The molecule has 27 heavy (non-hydrogen) atoms. The third-order valence-electron chi connectivity index (χ3n) is 4.06. The van der Waals surface area contributed by atoms with Crippen LogP contribution in [0.5, 0.6) is 11.5 Å². The molecule has 2 amide bonds. The van der Waals surface area contributed by atoms with Crippen molar-refractivity contribution in [3.63, 3.8) is 0 Å². The fourth-order valence-corrected chi connectivity index (χ4v) is 3.47. The van der Waals surface area contributed by atoms with Gasteiger partial charge in [0.05, 0.1) is 12.4 Å². The van der Waals surface area contributed by atoms with Gasteiger partial charge in [0.2, 0.25) is 5.91 Å². The van der Waals surface area contributed by atoms with E-state index in [1.54, 1.807) is 42.5 Å². The van der Waals surface area contributed by atoms with Crippen molar-refractivity contribution in [3.05, 3.63) is 65.2 Å². The lowest BCUT2D eigenvalue weighted by atomic mass is 10.0. The summed E-state index contributed by atoms with van der Waals surface area (Å²) in [5, 5.41) is 11.1. The van der Waals surface area contributed by atoms with Crippen LogP contribution in [0.3, 0.4) is 0 Å². The Hall–Kier alpha value is -3.06. The zero-order chi connectivity index (χ0) is 19.4. The second-order valence-corrected chi connectivity index (χ2v) is 7.09. The molecular weight excluding hydrogens is 366 g/mol. The maximum absolute atomic E-state index is 12.3. The van der Waals surface area contributed by atoms with Crippen molar-refractivity contribution in [1.82, 2.24) is 5.32 Å². The molecule has 3 rings (SSSR count). The first kappa shape index (κ1) is 18.7. The van der Waals surface area contributed by atoms with Gasteiger partial charge in [-0.2, -0.15) is 0 Å². The molecule has 0 saturated carbocycles. The number of amides is 2. The molecule has 2 N–H and O–H groups in total. The average molecular weight is 383 g/mol. The standard InChI is InChI=1S/C20H17NO5S/c1-26-17-10-12(5-9-16(17)23)4-8-15(22)14-6-2-13(3-7-14)11-18-19(24)21-20(25)27-18/h2-10,18,23H,11H2,1H3,(H,21,24,25). The van der Waals surface area contributed by atoms with Crippen molar-refractivity contribution in [2.45, 2.75) is 11.7 Å². The summed E-state index contributed by atoms with van der Waals surface area (Å²) in [4.78, 5) is 35.1. The van der Waals surface area contributed by atoms with Crippen molar-refractivity contribution in [3.8, 4) is 11.5 Å². The minimum atomic E-state index is -0.427. The summed E-state index contributed by atoms with van der Waals surface area (Å²) in [7, 11) is 1.46. The van der Waals surface area contributed by atoms with Crippen LogP contribution >= 0.6 is 11.8 Å². The monoisotopic (exact) mass is 383 g/mol. The van der Waals surface area contributed by atoms with Gasteiger partial charge in [-0.15, -0.1) is 0 Å². The lowest BCUT2D eigenvalue weighted by molar-refractivity contribution is -0.118. The number of rotatable bonds is 6. The molecule has 0 bridgehead atoms. The molecule has 138 valence electrons. The van der Waals surface area contributed by atoms with Gasteiger partial charge in [0.25, 0.3) is 5.24 Å². The molecule has 1 aliphatic heterocycles. The highest BCUT2D eigenvalue weighted by Crippen LogP contribution is 2.27. The minimum absolute atomic E-state index is 0.0346. The predicted octanol–water partition coefficient (Wildman–Crippen LogP) is 3.19. The van der Waals surface area contributed by atoms with E-state index in [4.69, 9.17) is 4.74 Å². The normalized spacial score (nSPS) is 16.6. The lowest BCUT2D eigenvalue weighted by Crippen LogP contribution is -2.25. The Morgan fingerprint density at radius 2 is 1.96 bits per heavy atom. The fourth-order valence-electron chi connectivity index (χ4n) is 2.61. The molecule has 1 unspecified atom stereocenters. The number of allylic oxidation sites excluding steroid dienone is 1. The zero-order valence-electron chi connectivity index (χ0n) is 14.5. The van der Waals surface area contributed by atoms with Crippen LogP contribution in [-0.2, 0) is 11.2 Å². The summed E-state index contributed by atoms with van der Waals surface area (Å²) >= 11 is 0.983. The van der Waals surface area contributed by atoms with Crippen molar-refractivity contribution in [2.24, 2.45) is 0 Å². The predicted molar refractivity (Wildman–Crippen MR) is 103 cm³/mol. The molecule has 1 heterocycles. The average Bonchev–Trinajstić information content (AvgIpc) is 2.98. The maximum atomic E-state index is 12.3. The van der Waals surface area contributed by atoms with E-state index >= 15 is 0 Å². The summed E-state index contributed by atoms with van der Waals surface area (Å²) < 4.78 is 5.04. The molecule has 0 radical (unpaired) electrons. The van der Waals surface area contributed by atoms with Crippen LogP contribution in [0.2, 0.25) is 0 Å². The number of phenols is 1. The highest BCUT2D eigenvalue weighted by atomic mass is 32.2. The van der Waals surface area contributed by atoms with Crippen molar-refractivity contribution < 1.29 is 24.2 Å². The van der Waals surface area contributed by atoms with Crippen LogP contribution in [0.1, 0.15) is 21.5 Å². The number of imide groups is 1. The molecule has 2 aromatic rings. The zero-order valence-corrected chi connectivity index (χ0v) is 15.3.